The Hall–Kier alpha value is -0.910. The summed E-state index contributed by atoms with van der Waals surface area (Å²) < 4.78 is 4.20. The second kappa shape index (κ2) is 3.99. The summed E-state index contributed by atoms with van der Waals surface area (Å²) in [6.07, 6.45) is -0.803. The van der Waals surface area contributed by atoms with Crippen LogP contribution in [0, 0.1) is 0 Å². The fraction of sp³-hybridized carbons (Fsp3) is 0.500. The van der Waals surface area contributed by atoms with Crippen LogP contribution in [0.4, 0.5) is 9.59 Å². The maximum absolute atomic E-state index is 10.5. The van der Waals surface area contributed by atoms with Gasteiger partial charge in [-0.1, -0.05) is 0 Å². The first kappa shape index (κ1) is 9.09. The molecule has 10 heavy (non-hydrogen) atoms. The van der Waals surface area contributed by atoms with Crippen LogP contribution in [0.5, 0.6) is 0 Å². The fourth-order valence-electron chi connectivity index (χ4n) is 0.328. The van der Waals surface area contributed by atoms with Gasteiger partial charge in [-0.05, 0) is 0 Å². The molecule has 6 heteroatoms. The molecule has 0 atom stereocenters. The first-order valence-corrected chi connectivity index (χ1v) is 3.02. The number of hydrogen-bond acceptors (Lipinski definition) is 4. The lowest BCUT2D eigenvalue weighted by atomic mass is 10.8. The minimum Gasteiger partial charge on any atom is -0.452 e. The molecular formula is C4H8N2O3S. The van der Waals surface area contributed by atoms with E-state index >= 15 is 0 Å². The average Bonchev–Trinajstić information content (AvgIpc) is 1.88. The minimum atomic E-state index is -0.873. The summed E-state index contributed by atoms with van der Waals surface area (Å²) in [5, 5.41) is 0. The molecule has 0 aromatic rings. The van der Waals surface area contributed by atoms with Crippen LogP contribution in [0.1, 0.15) is 0 Å². The van der Waals surface area contributed by atoms with Crippen molar-refractivity contribution in [3.8, 4) is 0 Å². The number of imide groups is 1. The van der Waals surface area contributed by atoms with Gasteiger partial charge in [0.1, 0.15) is 0 Å². The number of carbonyl (C=O) groups excluding carboxylic acids is 2. The van der Waals surface area contributed by atoms with Crippen LogP contribution in [-0.2, 0) is 4.74 Å². The summed E-state index contributed by atoms with van der Waals surface area (Å²) >= 11 is 3.67. The van der Waals surface area contributed by atoms with Crippen molar-refractivity contribution in [1.82, 2.24) is 4.90 Å². The molecule has 0 aromatic carbocycles. The van der Waals surface area contributed by atoms with Crippen LogP contribution in [0.2, 0.25) is 0 Å². The SMILES string of the molecule is COC(=O)N(CS)C(N)=O. The van der Waals surface area contributed by atoms with Crippen molar-refractivity contribution in [2.24, 2.45) is 5.73 Å². The number of hydrogen-bond donors (Lipinski definition) is 2. The highest BCUT2D eigenvalue weighted by Gasteiger charge is 2.16. The molecule has 0 radical (unpaired) electrons. The molecular weight excluding hydrogens is 156 g/mol. The fourth-order valence-corrected chi connectivity index (χ4v) is 0.582. The predicted octanol–water partition coefficient (Wildman–Crippen LogP) is 0.0208. The first-order chi connectivity index (χ1) is 4.63. The van der Waals surface area contributed by atoms with Crippen molar-refractivity contribution in [3.05, 3.63) is 0 Å². The number of ether oxygens (including phenoxy) is 1. The largest absolute Gasteiger partial charge is 0.452 e. The van der Waals surface area contributed by atoms with E-state index in [1.54, 1.807) is 0 Å². The molecule has 0 unspecified atom stereocenters. The molecule has 58 valence electrons. The number of thiol groups is 1. The molecule has 0 fully saturated rings. The minimum absolute atomic E-state index is 0.0813. The standard InChI is InChI=1S/C4H8N2O3S/c1-9-4(8)6(2-10)3(5)7/h10H,2H2,1H3,(H2,5,7). The number of amides is 3. The quantitative estimate of drug-likeness (QED) is 0.424. The van der Waals surface area contributed by atoms with E-state index < -0.39 is 12.1 Å². The maximum Gasteiger partial charge on any atom is 0.418 e. The Morgan fingerprint density at radius 3 is 2.30 bits per heavy atom. The highest BCUT2D eigenvalue weighted by atomic mass is 32.1. The van der Waals surface area contributed by atoms with E-state index in [9.17, 15) is 9.59 Å². The van der Waals surface area contributed by atoms with Gasteiger partial charge in [0, 0.05) is 0 Å². The van der Waals surface area contributed by atoms with Crippen molar-refractivity contribution < 1.29 is 14.3 Å². The lowest BCUT2D eigenvalue weighted by Gasteiger charge is -2.12. The normalized spacial score (nSPS) is 8.60. The topological polar surface area (TPSA) is 72.6 Å². The third-order valence-electron chi connectivity index (χ3n) is 0.802. The molecule has 0 rings (SSSR count). The average molecular weight is 164 g/mol. The third-order valence-corrected chi connectivity index (χ3v) is 1.09. The summed E-state index contributed by atoms with van der Waals surface area (Å²) in [6, 6.07) is -0.873. The Morgan fingerprint density at radius 2 is 2.20 bits per heavy atom. The van der Waals surface area contributed by atoms with Gasteiger partial charge < -0.3 is 10.5 Å². The predicted molar refractivity (Wildman–Crippen MR) is 37.7 cm³/mol. The van der Waals surface area contributed by atoms with Gasteiger partial charge in [0.25, 0.3) is 0 Å². The van der Waals surface area contributed by atoms with E-state index in [0.717, 1.165) is 7.11 Å². The number of nitrogens with zero attached hydrogens (tertiary/aromatic N) is 1. The number of methoxy groups -OCH3 is 1. The van der Waals surface area contributed by atoms with E-state index in [1.807, 2.05) is 0 Å². The van der Waals surface area contributed by atoms with Gasteiger partial charge in [0.2, 0.25) is 0 Å². The van der Waals surface area contributed by atoms with Crippen molar-refractivity contribution in [1.29, 1.82) is 0 Å². The van der Waals surface area contributed by atoms with Gasteiger partial charge >= 0.3 is 12.1 Å². The molecule has 0 saturated carbocycles. The lowest BCUT2D eigenvalue weighted by molar-refractivity contribution is 0.138. The number of carbonyl (C=O) groups is 2. The molecule has 0 heterocycles. The van der Waals surface area contributed by atoms with Gasteiger partial charge in [-0.15, -0.1) is 0 Å². The second-order valence-corrected chi connectivity index (χ2v) is 1.66. The monoisotopic (exact) mass is 164 g/mol. The Balaban J connectivity index is 4.06. The van der Waals surface area contributed by atoms with E-state index in [0.29, 0.717) is 4.90 Å². The van der Waals surface area contributed by atoms with Crippen molar-refractivity contribution >= 4 is 24.8 Å². The summed E-state index contributed by atoms with van der Waals surface area (Å²) in [6.45, 7) is 0. The van der Waals surface area contributed by atoms with Crippen LogP contribution < -0.4 is 5.73 Å². The van der Waals surface area contributed by atoms with E-state index in [-0.39, 0.29) is 5.88 Å². The molecule has 5 nitrogen and oxygen atoms in total. The molecule has 2 N–H and O–H groups in total. The molecule has 0 spiro atoms. The van der Waals surface area contributed by atoms with Gasteiger partial charge in [-0.2, -0.15) is 12.6 Å². The smallest absolute Gasteiger partial charge is 0.418 e. The zero-order chi connectivity index (χ0) is 8.15. The number of urea groups is 1. The molecule has 0 bridgehead atoms. The summed E-state index contributed by atoms with van der Waals surface area (Å²) in [7, 11) is 1.15. The Bertz CT molecular complexity index is 149. The molecule has 3 amide bonds. The summed E-state index contributed by atoms with van der Waals surface area (Å²) in [4.78, 5) is 21.5. The highest BCUT2D eigenvalue weighted by molar-refractivity contribution is 7.80. The van der Waals surface area contributed by atoms with Crippen molar-refractivity contribution in [2.45, 2.75) is 0 Å². The van der Waals surface area contributed by atoms with Gasteiger partial charge in [-0.3, -0.25) is 0 Å². The van der Waals surface area contributed by atoms with Crippen molar-refractivity contribution in [2.75, 3.05) is 13.0 Å². The van der Waals surface area contributed by atoms with Gasteiger partial charge in [0.05, 0.1) is 13.0 Å². The molecule has 0 saturated heterocycles. The summed E-state index contributed by atoms with van der Waals surface area (Å²) in [5.74, 6) is -0.0813. The van der Waals surface area contributed by atoms with E-state index in [1.165, 1.54) is 0 Å². The Kier molecular flexibility index (Phi) is 3.63. The Morgan fingerprint density at radius 1 is 1.70 bits per heavy atom. The van der Waals surface area contributed by atoms with Crippen LogP contribution in [0.3, 0.4) is 0 Å². The molecule has 0 aliphatic heterocycles. The highest BCUT2D eigenvalue weighted by Crippen LogP contribution is 1.93. The van der Waals surface area contributed by atoms with Gasteiger partial charge in [-0.25, -0.2) is 14.5 Å². The second-order valence-electron chi connectivity index (χ2n) is 1.38. The van der Waals surface area contributed by atoms with E-state index in [4.69, 9.17) is 5.73 Å². The van der Waals surface area contributed by atoms with E-state index in [2.05, 4.69) is 17.4 Å². The third kappa shape index (κ3) is 2.14. The van der Waals surface area contributed by atoms with Crippen LogP contribution in [0.25, 0.3) is 0 Å². The molecule has 0 aliphatic carbocycles. The molecule has 0 aliphatic rings. The van der Waals surface area contributed by atoms with Gasteiger partial charge in [0.15, 0.2) is 0 Å². The van der Waals surface area contributed by atoms with Crippen molar-refractivity contribution in [3.63, 3.8) is 0 Å². The Labute approximate surface area is 63.5 Å². The van der Waals surface area contributed by atoms with Crippen LogP contribution >= 0.6 is 12.6 Å². The number of rotatable bonds is 1. The zero-order valence-corrected chi connectivity index (χ0v) is 6.30. The zero-order valence-electron chi connectivity index (χ0n) is 5.40. The number of primary amides is 1. The van der Waals surface area contributed by atoms with Crippen LogP contribution in [-0.4, -0.2) is 30.0 Å². The summed E-state index contributed by atoms with van der Waals surface area (Å²) in [5.41, 5.74) is 4.76. The lowest BCUT2D eigenvalue weighted by Crippen LogP contribution is -2.39. The maximum atomic E-state index is 10.5. The first-order valence-electron chi connectivity index (χ1n) is 2.39. The van der Waals surface area contributed by atoms with Crippen LogP contribution in [0.15, 0.2) is 0 Å². The number of nitrogens with two attached hydrogens (primary N) is 1. The molecule has 0 aromatic heterocycles.